The Morgan fingerprint density at radius 3 is 1.86 bits per heavy atom. The molecule has 14 atom stereocenters. The summed E-state index contributed by atoms with van der Waals surface area (Å²) < 4.78 is 17.1. The molecule has 358 valence electrons. The first-order chi connectivity index (χ1) is 31.2. The highest BCUT2D eigenvalue weighted by Crippen LogP contribution is 2.60. The second kappa shape index (κ2) is 19.5. The van der Waals surface area contributed by atoms with Crippen LogP contribution in [0.3, 0.4) is 0 Å². The normalized spacial score (nSPS) is 33.1. The standard InChI is InChI=1S/C44H56N4O17Si/c1-21-38(66(2,3)62)28(18-29(50)47(14-15-49)19-22-8-5-4-6-9-22)65-44(21)26-17-25(46-40(58)37-33(54)31(52)35(56)42(60)64-37)12-13-27(26)48(43(44)61)20-23-10-7-11-24(16-23)45-39(57)36-32(53)30(51)34(55)41(59)63-36/h4-13,16-17,21,28,30-38,41-42,49,51-56,59-60,62H,14-15,18-20H2,1-3H3,(H,45,57)(H,46,58)/t21-,28+,30+,31+,32+,33+,34-,35-,36+,37+,38-,41-,42-,44+/m1/s1. The van der Waals surface area contributed by atoms with E-state index in [1.807, 2.05) is 30.3 Å². The second-order valence-corrected chi connectivity index (χ2v) is 21.7. The first kappa shape index (κ1) is 49.1. The van der Waals surface area contributed by atoms with Crippen LogP contribution in [0, 0.1) is 5.92 Å². The maximum absolute atomic E-state index is 15.3. The zero-order valence-corrected chi connectivity index (χ0v) is 37.2. The molecule has 0 unspecified atom stereocenters. The van der Waals surface area contributed by atoms with E-state index in [1.165, 1.54) is 40.1 Å². The molecule has 4 aliphatic rings. The van der Waals surface area contributed by atoms with Gasteiger partial charge in [-0.25, -0.2) is 0 Å². The topological polar surface area (TPSA) is 329 Å². The fourth-order valence-corrected chi connectivity index (χ4v) is 12.1. The number of benzene rings is 3. The third-order valence-electron chi connectivity index (χ3n) is 12.8. The Hall–Kier alpha value is -4.76. The Balaban J connectivity index is 1.22. The van der Waals surface area contributed by atoms with Crippen LogP contribution in [0.1, 0.15) is 30.0 Å². The van der Waals surface area contributed by atoms with Crippen LogP contribution in [0.25, 0.3) is 0 Å². The smallest absolute Gasteiger partial charge is 0.264 e. The molecule has 12 N–H and O–H groups in total. The summed E-state index contributed by atoms with van der Waals surface area (Å²) in [6, 6.07) is 19.8. The molecule has 0 bridgehead atoms. The van der Waals surface area contributed by atoms with Crippen LogP contribution >= 0.6 is 0 Å². The van der Waals surface area contributed by atoms with Crippen LogP contribution in [-0.4, -0.2) is 168 Å². The minimum atomic E-state index is -3.34. The van der Waals surface area contributed by atoms with Crippen molar-refractivity contribution in [1.82, 2.24) is 4.90 Å². The maximum Gasteiger partial charge on any atom is 0.264 e. The highest BCUT2D eigenvalue weighted by Gasteiger charge is 2.66. The van der Waals surface area contributed by atoms with Crippen molar-refractivity contribution < 1.29 is 84.1 Å². The molecule has 0 aromatic heterocycles. The number of ether oxygens (including phenoxy) is 3. The molecule has 4 aliphatic heterocycles. The Bertz CT molecular complexity index is 2270. The minimum absolute atomic E-state index is 0.00239. The van der Waals surface area contributed by atoms with E-state index >= 15 is 4.79 Å². The number of carbonyl (C=O) groups excluding carboxylic acids is 4. The van der Waals surface area contributed by atoms with Crippen molar-refractivity contribution in [1.29, 1.82) is 0 Å². The van der Waals surface area contributed by atoms with Gasteiger partial charge in [0.2, 0.25) is 5.91 Å². The summed E-state index contributed by atoms with van der Waals surface area (Å²) in [7, 11) is -3.34. The number of carbonyl (C=O) groups is 4. The van der Waals surface area contributed by atoms with Gasteiger partial charge in [0.25, 0.3) is 17.7 Å². The number of fused-ring (bicyclic) bond motifs is 2. The average molecular weight is 941 g/mol. The highest BCUT2D eigenvalue weighted by atomic mass is 28.4. The number of nitrogens with one attached hydrogen (secondary N) is 2. The molecule has 0 saturated carbocycles. The Morgan fingerprint density at radius 1 is 0.742 bits per heavy atom. The summed E-state index contributed by atoms with van der Waals surface area (Å²) in [6.07, 6.45) is -20.2. The number of aliphatic hydroxyl groups excluding tert-OH is 9. The molecule has 4 amide bonds. The van der Waals surface area contributed by atoms with Crippen LogP contribution < -0.4 is 15.5 Å². The first-order valence-corrected chi connectivity index (χ1v) is 24.5. The summed E-state index contributed by atoms with van der Waals surface area (Å²) in [5.41, 5.74) is -0.599. The van der Waals surface area contributed by atoms with Gasteiger partial charge in [0, 0.05) is 41.5 Å². The molecule has 21 nitrogen and oxygen atoms in total. The molecule has 4 heterocycles. The Labute approximate surface area is 379 Å². The number of nitrogens with zero attached hydrogens (tertiary/aromatic N) is 2. The Morgan fingerprint density at radius 2 is 1.30 bits per heavy atom. The van der Waals surface area contributed by atoms with E-state index in [0.717, 1.165) is 5.56 Å². The third-order valence-corrected chi connectivity index (χ3v) is 15.3. The average Bonchev–Trinajstić information content (AvgIpc) is 3.70. The first-order valence-electron chi connectivity index (χ1n) is 21.4. The van der Waals surface area contributed by atoms with E-state index in [2.05, 4.69) is 10.6 Å². The van der Waals surface area contributed by atoms with Gasteiger partial charge in [-0.3, -0.25) is 19.2 Å². The van der Waals surface area contributed by atoms with Crippen molar-refractivity contribution in [2.45, 2.75) is 118 Å². The maximum atomic E-state index is 15.3. The lowest BCUT2D eigenvalue weighted by atomic mass is 9.82. The van der Waals surface area contributed by atoms with Crippen molar-refractivity contribution in [3.63, 3.8) is 0 Å². The molecule has 66 heavy (non-hydrogen) atoms. The van der Waals surface area contributed by atoms with Crippen molar-refractivity contribution in [2.75, 3.05) is 28.7 Å². The van der Waals surface area contributed by atoms with Gasteiger partial charge in [-0.05, 0) is 54.6 Å². The van der Waals surface area contributed by atoms with E-state index in [4.69, 9.17) is 14.2 Å². The number of amides is 4. The Kier molecular flexibility index (Phi) is 14.5. The molecule has 1 spiro atoms. The summed E-state index contributed by atoms with van der Waals surface area (Å²) >= 11 is 0. The molecular weight excluding hydrogens is 885 g/mol. The van der Waals surface area contributed by atoms with E-state index < -0.39 is 117 Å². The van der Waals surface area contributed by atoms with Gasteiger partial charge in [0.05, 0.1) is 31.4 Å². The van der Waals surface area contributed by atoms with Crippen LogP contribution in [0.4, 0.5) is 17.1 Å². The lowest BCUT2D eigenvalue weighted by Crippen LogP contribution is -2.60. The van der Waals surface area contributed by atoms with Gasteiger partial charge in [-0.15, -0.1) is 0 Å². The molecular formula is C44H56N4O17Si. The quantitative estimate of drug-likeness (QED) is 0.0819. The summed E-state index contributed by atoms with van der Waals surface area (Å²) in [5, 5.41) is 96.3. The monoisotopic (exact) mass is 940 g/mol. The van der Waals surface area contributed by atoms with Crippen molar-refractivity contribution in [2.24, 2.45) is 5.92 Å². The van der Waals surface area contributed by atoms with Crippen LogP contribution in [0.15, 0.2) is 72.8 Å². The van der Waals surface area contributed by atoms with E-state index in [9.17, 15) is 65.1 Å². The van der Waals surface area contributed by atoms with Gasteiger partial charge >= 0.3 is 0 Å². The summed E-state index contributed by atoms with van der Waals surface area (Å²) in [6.45, 7) is 4.77. The van der Waals surface area contributed by atoms with Crippen molar-refractivity contribution in [3.05, 3.63) is 89.5 Å². The van der Waals surface area contributed by atoms with Crippen LogP contribution in [0.2, 0.25) is 18.6 Å². The number of hydrogen-bond donors (Lipinski definition) is 12. The lowest BCUT2D eigenvalue weighted by Gasteiger charge is -2.37. The zero-order valence-electron chi connectivity index (χ0n) is 36.2. The lowest BCUT2D eigenvalue weighted by molar-refractivity contribution is -0.274. The predicted molar refractivity (Wildman–Crippen MR) is 232 cm³/mol. The fourth-order valence-electron chi connectivity index (χ4n) is 9.54. The SMILES string of the molecule is C[C@@H]1[C@@H]([Si](C)(C)O)[C@H](CC(=O)N(CCO)Cc2ccccc2)O[C@@]12C(=O)N(Cc1cccc(NC(=O)[C@H]3O[C@@H](O)[C@H](O)[C@@H](O)[C@@H]3O)c1)c1ccc(NC(=O)[C@H]3O[C@@H](O)[C@H](O)[C@@H](O)[C@@H]3O)cc12. The summed E-state index contributed by atoms with van der Waals surface area (Å²) in [5.74, 6) is -3.77. The summed E-state index contributed by atoms with van der Waals surface area (Å²) in [4.78, 5) is 71.0. The molecule has 22 heteroatoms. The van der Waals surface area contributed by atoms with Gasteiger partial charge < -0.3 is 85.4 Å². The van der Waals surface area contributed by atoms with E-state index in [1.54, 1.807) is 32.2 Å². The molecule has 3 saturated heterocycles. The number of aliphatic hydroxyl groups is 9. The second-order valence-electron chi connectivity index (χ2n) is 17.7. The zero-order chi connectivity index (χ0) is 48.0. The van der Waals surface area contributed by atoms with Gasteiger partial charge in [-0.1, -0.05) is 49.4 Å². The van der Waals surface area contributed by atoms with Crippen LogP contribution in [0.5, 0.6) is 0 Å². The number of rotatable bonds is 13. The van der Waals surface area contributed by atoms with Gasteiger partial charge in [-0.2, -0.15) is 0 Å². The molecule has 3 aromatic rings. The molecule has 3 aromatic carbocycles. The fraction of sp³-hybridized carbons (Fsp3) is 0.500. The number of anilines is 3. The molecule has 0 radical (unpaired) electrons. The minimum Gasteiger partial charge on any atom is -0.432 e. The van der Waals surface area contributed by atoms with Crippen LogP contribution in [-0.2, 0) is 52.1 Å². The molecule has 7 rings (SSSR count). The van der Waals surface area contributed by atoms with Gasteiger partial charge in [0.1, 0.15) is 36.6 Å². The van der Waals surface area contributed by atoms with Gasteiger partial charge in [0.15, 0.2) is 38.7 Å². The van der Waals surface area contributed by atoms with E-state index in [0.29, 0.717) is 11.3 Å². The molecule has 0 aliphatic carbocycles. The van der Waals surface area contributed by atoms with E-state index in [-0.39, 0.29) is 49.6 Å². The highest BCUT2D eigenvalue weighted by molar-refractivity contribution is 6.71. The number of hydrogen-bond acceptors (Lipinski definition) is 17. The molecule has 3 fully saturated rings. The van der Waals surface area contributed by atoms with Crippen molar-refractivity contribution >= 4 is 49.0 Å². The van der Waals surface area contributed by atoms with Crippen molar-refractivity contribution in [3.8, 4) is 0 Å². The predicted octanol–water partition coefficient (Wildman–Crippen LogP) is -2.08. The third kappa shape index (κ3) is 9.39. The largest absolute Gasteiger partial charge is 0.432 e.